The predicted octanol–water partition coefficient (Wildman–Crippen LogP) is 1.02. The number of rotatable bonds is 4. The maximum absolute atomic E-state index is 13.1. The van der Waals surface area contributed by atoms with Crippen LogP contribution in [0, 0.1) is 11.7 Å². The first kappa shape index (κ1) is 15.6. The van der Waals surface area contributed by atoms with Crippen LogP contribution < -0.4 is 10.7 Å². The molecule has 1 atom stereocenters. The van der Waals surface area contributed by atoms with E-state index in [1.165, 1.54) is 12.1 Å². The molecule has 1 saturated carbocycles. The lowest BCUT2D eigenvalue weighted by Crippen LogP contribution is -2.44. The first-order valence-electron chi connectivity index (χ1n) is 7.62. The fraction of sp³-hybridized carbons (Fsp3) is 0.438. The Hall–Kier alpha value is -2.28. The Morgan fingerprint density at radius 3 is 2.57 bits per heavy atom. The molecule has 1 aromatic rings. The number of hydrogen-bond acceptors (Lipinski definition) is 4. The number of aliphatic hydroxyl groups excluding tert-OH is 1. The van der Waals surface area contributed by atoms with Crippen molar-refractivity contribution in [2.24, 2.45) is 11.0 Å². The number of benzene rings is 1. The number of halogens is 1. The molecular formula is C16H18FN3O3. The summed E-state index contributed by atoms with van der Waals surface area (Å²) >= 11 is 0. The van der Waals surface area contributed by atoms with Crippen LogP contribution in [0.3, 0.4) is 0 Å². The lowest BCUT2D eigenvalue weighted by atomic mass is 9.75. The van der Waals surface area contributed by atoms with Crippen molar-refractivity contribution < 1.29 is 19.1 Å². The average molecular weight is 319 g/mol. The second-order valence-corrected chi connectivity index (χ2v) is 5.98. The highest BCUT2D eigenvalue weighted by Crippen LogP contribution is 2.38. The van der Waals surface area contributed by atoms with E-state index in [4.69, 9.17) is 0 Å². The molecule has 23 heavy (non-hydrogen) atoms. The van der Waals surface area contributed by atoms with E-state index in [9.17, 15) is 19.1 Å². The molecule has 122 valence electrons. The highest BCUT2D eigenvalue weighted by atomic mass is 19.1. The average Bonchev–Trinajstić information content (AvgIpc) is 2.51. The highest BCUT2D eigenvalue weighted by molar-refractivity contribution is 6.39. The number of aliphatic hydroxyl groups is 1. The van der Waals surface area contributed by atoms with Crippen molar-refractivity contribution in [3.63, 3.8) is 0 Å². The van der Waals surface area contributed by atoms with Crippen LogP contribution in [-0.4, -0.2) is 28.7 Å². The van der Waals surface area contributed by atoms with Gasteiger partial charge in [0.1, 0.15) is 11.5 Å². The minimum absolute atomic E-state index is 0.0955. The number of hydrogen-bond donors (Lipinski definition) is 3. The zero-order valence-corrected chi connectivity index (χ0v) is 12.5. The molecule has 1 aliphatic heterocycles. The summed E-state index contributed by atoms with van der Waals surface area (Å²) in [6.45, 7) is 0. The molecular weight excluding hydrogens is 301 g/mol. The molecule has 0 aromatic heterocycles. The molecule has 1 aromatic carbocycles. The Balaban J connectivity index is 1.74. The summed E-state index contributed by atoms with van der Waals surface area (Å²) in [6.07, 6.45) is 1.35. The van der Waals surface area contributed by atoms with Crippen LogP contribution in [0.5, 0.6) is 0 Å². The summed E-state index contributed by atoms with van der Waals surface area (Å²) in [5.74, 6) is -0.801. The minimum Gasteiger partial charge on any atom is -0.393 e. The zero-order chi connectivity index (χ0) is 16.4. The van der Waals surface area contributed by atoms with Crippen molar-refractivity contribution in [3.8, 4) is 0 Å². The highest BCUT2D eigenvalue weighted by Gasteiger charge is 2.36. The van der Waals surface area contributed by atoms with Gasteiger partial charge in [0.05, 0.1) is 12.1 Å². The van der Waals surface area contributed by atoms with Gasteiger partial charge < -0.3 is 10.4 Å². The van der Waals surface area contributed by atoms with Gasteiger partial charge in [-0.3, -0.25) is 9.59 Å². The molecule has 0 bridgehead atoms. The summed E-state index contributed by atoms with van der Waals surface area (Å²) in [7, 11) is 0. The van der Waals surface area contributed by atoms with Crippen molar-refractivity contribution in [1.29, 1.82) is 0 Å². The molecule has 1 unspecified atom stereocenters. The Morgan fingerprint density at radius 2 is 2.00 bits per heavy atom. The number of amides is 2. The zero-order valence-electron chi connectivity index (χ0n) is 12.5. The van der Waals surface area contributed by atoms with Gasteiger partial charge in [-0.2, -0.15) is 5.10 Å². The van der Waals surface area contributed by atoms with Crippen LogP contribution >= 0.6 is 0 Å². The monoisotopic (exact) mass is 319 g/mol. The third-order valence-electron chi connectivity index (χ3n) is 4.30. The number of hydrazone groups is 1. The van der Waals surface area contributed by atoms with E-state index in [2.05, 4.69) is 15.8 Å². The van der Waals surface area contributed by atoms with Crippen LogP contribution in [0.15, 0.2) is 29.4 Å². The van der Waals surface area contributed by atoms with Crippen LogP contribution in [0.1, 0.15) is 37.3 Å². The molecule has 1 aliphatic carbocycles. The molecule has 0 spiro atoms. The predicted molar refractivity (Wildman–Crippen MR) is 80.8 cm³/mol. The smallest absolute Gasteiger partial charge is 0.267 e. The van der Waals surface area contributed by atoms with Crippen LogP contribution in [-0.2, 0) is 9.59 Å². The van der Waals surface area contributed by atoms with Gasteiger partial charge in [-0.15, -0.1) is 0 Å². The van der Waals surface area contributed by atoms with Gasteiger partial charge in [-0.25, -0.2) is 9.82 Å². The first-order chi connectivity index (χ1) is 11.0. The summed E-state index contributed by atoms with van der Waals surface area (Å²) in [6, 6.07) is 5.65. The first-order valence-corrected chi connectivity index (χ1v) is 7.62. The van der Waals surface area contributed by atoms with Gasteiger partial charge in [0, 0.05) is 12.8 Å². The van der Waals surface area contributed by atoms with E-state index in [1.54, 1.807) is 12.1 Å². The van der Waals surface area contributed by atoms with Gasteiger partial charge in [0.25, 0.3) is 5.91 Å². The molecule has 0 radical (unpaired) electrons. The fourth-order valence-corrected chi connectivity index (χ4v) is 2.91. The van der Waals surface area contributed by atoms with Crippen molar-refractivity contribution in [1.82, 2.24) is 10.7 Å². The van der Waals surface area contributed by atoms with E-state index in [0.29, 0.717) is 19.3 Å². The molecule has 7 heteroatoms. The number of carbonyl (C=O) groups is 2. The molecule has 1 fully saturated rings. The fourth-order valence-electron chi connectivity index (χ4n) is 2.91. The minimum atomic E-state index is -0.355. The SMILES string of the molecule is O=C1CCC(C(=O)NC(c2ccc(F)cc2)C2CC(O)C2)=NN1. The lowest BCUT2D eigenvalue weighted by molar-refractivity contribution is -0.121. The second kappa shape index (κ2) is 6.45. The molecule has 2 aliphatic rings. The Kier molecular flexibility index (Phi) is 4.38. The van der Waals surface area contributed by atoms with Crippen molar-refractivity contribution in [3.05, 3.63) is 35.6 Å². The molecule has 0 saturated heterocycles. The van der Waals surface area contributed by atoms with E-state index < -0.39 is 0 Å². The third kappa shape index (κ3) is 3.56. The van der Waals surface area contributed by atoms with Crippen molar-refractivity contribution >= 4 is 17.5 Å². The summed E-state index contributed by atoms with van der Waals surface area (Å²) in [5.41, 5.74) is 3.36. The second-order valence-electron chi connectivity index (χ2n) is 5.98. The third-order valence-corrected chi connectivity index (χ3v) is 4.30. The maximum Gasteiger partial charge on any atom is 0.267 e. The van der Waals surface area contributed by atoms with Crippen molar-refractivity contribution in [2.45, 2.75) is 37.8 Å². The Morgan fingerprint density at radius 1 is 1.30 bits per heavy atom. The van der Waals surface area contributed by atoms with Crippen LogP contribution in [0.25, 0.3) is 0 Å². The van der Waals surface area contributed by atoms with Crippen LogP contribution in [0.4, 0.5) is 4.39 Å². The van der Waals surface area contributed by atoms with E-state index >= 15 is 0 Å². The van der Waals surface area contributed by atoms with Gasteiger partial charge in [-0.05, 0) is 36.5 Å². The van der Waals surface area contributed by atoms with Gasteiger partial charge in [0.2, 0.25) is 5.91 Å². The Bertz CT molecular complexity index is 638. The number of nitrogens with one attached hydrogen (secondary N) is 2. The lowest BCUT2D eigenvalue weighted by Gasteiger charge is -2.38. The summed E-state index contributed by atoms with van der Waals surface area (Å²) in [5, 5.41) is 16.2. The van der Waals surface area contributed by atoms with Crippen LogP contribution in [0.2, 0.25) is 0 Å². The van der Waals surface area contributed by atoms with E-state index in [0.717, 1.165) is 5.56 Å². The van der Waals surface area contributed by atoms with Gasteiger partial charge in [-0.1, -0.05) is 12.1 Å². The largest absolute Gasteiger partial charge is 0.393 e. The number of nitrogens with zero attached hydrogens (tertiary/aromatic N) is 1. The Labute approximate surface area is 132 Å². The standard InChI is InChI=1S/C16H18FN3O3/c17-11-3-1-9(2-4-11)15(10-7-12(21)8-10)18-16(23)13-5-6-14(22)20-19-13/h1-4,10,12,15,21H,5-8H2,(H,18,23)(H,20,22). The topological polar surface area (TPSA) is 90.8 Å². The van der Waals surface area contributed by atoms with Gasteiger partial charge >= 0.3 is 0 Å². The maximum atomic E-state index is 13.1. The van der Waals surface area contributed by atoms with Gasteiger partial charge in [0.15, 0.2) is 0 Å². The summed E-state index contributed by atoms with van der Waals surface area (Å²) in [4.78, 5) is 23.4. The molecule has 1 heterocycles. The molecule has 6 nitrogen and oxygen atoms in total. The molecule has 3 N–H and O–H groups in total. The quantitative estimate of drug-likeness (QED) is 0.774. The van der Waals surface area contributed by atoms with Crippen molar-refractivity contribution in [2.75, 3.05) is 0 Å². The molecule has 3 rings (SSSR count). The number of carbonyl (C=O) groups excluding carboxylic acids is 2. The van der Waals surface area contributed by atoms with E-state index in [1.807, 2.05) is 0 Å². The summed E-state index contributed by atoms with van der Waals surface area (Å²) < 4.78 is 13.1. The normalized spacial score (nSPS) is 25.0. The van der Waals surface area contributed by atoms with E-state index in [-0.39, 0.29) is 47.8 Å². The molecule has 2 amide bonds.